The maximum absolute atomic E-state index is 14.0. The van der Waals surface area contributed by atoms with Crippen molar-refractivity contribution < 1.29 is 14.0 Å². The molecule has 39 heavy (non-hydrogen) atoms. The van der Waals surface area contributed by atoms with Gasteiger partial charge in [0.25, 0.3) is 0 Å². The van der Waals surface area contributed by atoms with Crippen LogP contribution in [0.5, 0.6) is 0 Å². The zero-order chi connectivity index (χ0) is 26.8. The Kier molecular flexibility index (Phi) is 5.55. The number of aryl methyl sites for hydroxylation is 1. The van der Waals surface area contributed by atoms with Crippen LogP contribution in [0.2, 0.25) is 0 Å². The molecule has 2 fully saturated rings. The zero-order valence-electron chi connectivity index (χ0n) is 21.2. The lowest BCUT2D eigenvalue weighted by molar-refractivity contribution is -0.139. The van der Waals surface area contributed by atoms with Crippen LogP contribution in [0.25, 0.3) is 33.1 Å². The molecule has 5 heterocycles. The van der Waals surface area contributed by atoms with Gasteiger partial charge in [-0.2, -0.15) is 0 Å². The van der Waals surface area contributed by atoms with E-state index >= 15 is 0 Å². The number of Topliss-reactive ketones (excluding diaryl/α,β-unsaturated/α-hetero) is 1. The molecule has 0 spiro atoms. The molecule has 1 saturated heterocycles. The number of rotatable bonds is 6. The van der Waals surface area contributed by atoms with Gasteiger partial charge in [0, 0.05) is 22.7 Å². The van der Waals surface area contributed by atoms with Crippen LogP contribution in [-0.4, -0.2) is 48.2 Å². The second-order valence-electron chi connectivity index (χ2n) is 10.5. The SMILES string of the molecule is Cc1cc(-c2ccoc2)cc2c3c(N)ncnc3n(CC(=O)N3[C@@H]4CC4C[C@H]3C(=O)Cc3cccc(Br)n3)c12. The lowest BCUT2D eigenvalue weighted by Crippen LogP contribution is -2.45. The molecule has 4 aromatic heterocycles. The maximum atomic E-state index is 14.0. The Bertz CT molecular complexity index is 1780. The highest BCUT2D eigenvalue weighted by Gasteiger charge is 2.55. The van der Waals surface area contributed by atoms with Crippen LogP contribution < -0.4 is 5.73 Å². The number of furan rings is 1. The van der Waals surface area contributed by atoms with Crippen molar-refractivity contribution >= 4 is 55.4 Å². The first-order valence-corrected chi connectivity index (χ1v) is 13.7. The molecule has 2 N–H and O–H groups in total. The summed E-state index contributed by atoms with van der Waals surface area (Å²) in [6.07, 6.45) is 6.61. The van der Waals surface area contributed by atoms with E-state index in [1.807, 2.05) is 46.7 Å². The monoisotopic (exact) mass is 584 g/mol. The van der Waals surface area contributed by atoms with Crippen LogP contribution in [-0.2, 0) is 22.6 Å². The lowest BCUT2D eigenvalue weighted by Gasteiger charge is -2.27. The number of hydrogen-bond acceptors (Lipinski definition) is 7. The van der Waals surface area contributed by atoms with E-state index in [9.17, 15) is 9.59 Å². The summed E-state index contributed by atoms with van der Waals surface area (Å²) in [5.41, 5.74) is 11.4. The Hall–Kier alpha value is -4.05. The number of halogens is 1. The smallest absolute Gasteiger partial charge is 0.243 e. The van der Waals surface area contributed by atoms with Crippen molar-refractivity contribution in [2.24, 2.45) is 5.92 Å². The van der Waals surface area contributed by atoms with Gasteiger partial charge in [-0.3, -0.25) is 9.59 Å². The zero-order valence-corrected chi connectivity index (χ0v) is 22.8. The van der Waals surface area contributed by atoms with Gasteiger partial charge in [-0.05, 0) is 83.1 Å². The first-order valence-electron chi connectivity index (χ1n) is 12.9. The van der Waals surface area contributed by atoms with Crippen molar-refractivity contribution in [1.29, 1.82) is 0 Å². The van der Waals surface area contributed by atoms with E-state index in [0.717, 1.165) is 34.0 Å². The average Bonchev–Trinajstić information content (AvgIpc) is 3.25. The van der Waals surface area contributed by atoms with E-state index in [2.05, 4.69) is 36.9 Å². The Labute approximate surface area is 232 Å². The van der Waals surface area contributed by atoms with Crippen molar-refractivity contribution in [3.8, 4) is 11.1 Å². The lowest BCUT2D eigenvalue weighted by atomic mass is 10.0. The average molecular weight is 585 g/mol. The van der Waals surface area contributed by atoms with E-state index in [1.54, 1.807) is 12.5 Å². The summed E-state index contributed by atoms with van der Waals surface area (Å²) in [7, 11) is 0. The highest BCUT2D eigenvalue weighted by atomic mass is 79.9. The van der Waals surface area contributed by atoms with E-state index < -0.39 is 6.04 Å². The van der Waals surface area contributed by atoms with Crippen LogP contribution in [0.4, 0.5) is 5.82 Å². The molecule has 9 nitrogen and oxygen atoms in total. The predicted octanol–water partition coefficient (Wildman–Crippen LogP) is 4.69. The molecule has 1 amide bonds. The number of nitrogens with zero attached hydrogens (tertiary/aromatic N) is 5. The Balaban J connectivity index is 1.26. The van der Waals surface area contributed by atoms with Crippen LogP contribution >= 0.6 is 15.9 Å². The van der Waals surface area contributed by atoms with Gasteiger partial charge in [0.15, 0.2) is 5.78 Å². The fourth-order valence-corrected chi connectivity index (χ4v) is 6.58. The van der Waals surface area contributed by atoms with E-state index in [4.69, 9.17) is 10.2 Å². The minimum absolute atomic E-state index is 0.0240. The Morgan fingerprint density at radius 3 is 2.82 bits per heavy atom. The van der Waals surface area contributed by atoms with Gasteiger partial charge < -0.3 is 19.6 Å². The van der Waals surface area contributed by atoms with Crippen molar-refractivity contribution in [2.75, 3.05) is 5.73 Å². The summed E-state index contributed by atoms with van der Waals surface area (Å²) in [6.45, 7) is 2.07. The van der Waals surface area contributed by atoms with Gasteiger partial charge in [0.1, 0.15) is 28.9 Å². The number of fused-ring (bicyclic) bond motifs is 4. The number of hydrogen-bond donors (Lipinski definition) is 1. The number of anilines is 1. The van der Waals surface area contributed by atoms with Gasteiger partial charge in [-0.1, -0.05) is 6.07 Å². The molecule has 2 aliphatic rings. The molecule has 5 aromatic rings. The summed E-state index contributed by atoms with van der Waals surface area (Å²) >= 11 is 3.37. The van der Waals surface area contributed by atoms with Crippen LogP contribution in [0, 0.1) is 12.8 Å². The van der Waals surface area contributed by atoms with E-state index in [1.165, 1.54) is 6.33 Å². The maximum Gasteiger partial charge on any atom is 0.243 e. The number of benzene rings is 1. The molecule has 3 atom stereocenters. The van der Waals surface area contributed by atoms with Gasteiger partial charge in [-0.25, -0.2) is 15.0 Å². The van der Waals surface area contributed by atoms with Gasteiger partial charge in [0.2, 0.25) is 5.91 Å². The van der Waals surface area contributed by atoms with E-state index in [-0.39, 0.29) is 30.7 Å². The fraction of sp³-hybridized carbons (Fsp3) is 0.276. The van der Waals surface area contributed by atoms with Gasteiger partial charge in [-0.15, -0.1) is 0 Å². The number of likely N-dealkylation sites (tertiary alicyclic amines) is 1. The number of piperidine rings is 1. The Morgan fingerprint density at radius 2 is 2.03 bits per heavy atom. The first kappa shape index (κ1) is 24.0. The van der Waals surface area contributed by atoms with Crippen LogP contribution in [0.3, 0.4) is 0 Å². The summed E-state index contributed by atoms with van der Waals surface area (Å²) in [4.78, 5) is 42.3. The fourth-order valence-electron chi connectivity index (χ4n) is 6.20. The largest absolute Gasteiger partial charge is 0.472 e. The molecular formula is C29H25BrN6O3. The number of nitrogens with two attached hydrogens (primary N) is 1. The predicted molar refractivity (Wildman–Crippen MR) is 150 cm³/mol. The molecule has 10 heteroatoms. The number of aromatic nitrogens is 4. The molecule has 7 rings (SSSR count). The minimum atomic E-state index is -0.441. The normalized spacial score (nSPS) is 20.1. The molecule has 1 saturated carbocycles. The standard InChI is InChI=1S/C29H25BrN6O3/c1-15-7-17(16-5-6-39-13-16)8-20-26-28(31)32-14-33-29(26)35(27(15)20)12-25(38)36-21-9-18(21)10-22(36)23(37)11-19-3-2-4-24(30)34-19/h2-8,13-14,18,21-22H,9-12H2,1H3,(H2,31,32,33)/t18?,21-,22+/m1/s1. The quantitative estimate of drug-likeness (QED) is 0.287. The summed E-state index contributed by atoms with van der Waals surface area (Å²) in [6, 6.07) is 11.2. The third-order valence-electron chi connectivity index (χ3n) is 7.99. The van der Waals surface area contributed by atoms with Crippen LogP contribution in [0.15, 0.2) is 64.3 Å². The summed E-state index contributed by atoms with van der Waals surface area (Å²) in [5.74, 6) is 0.678. The third kappa shape index (κ3) is 4.01. The van der Waals surface area contributed by atoms with Crippen molar-refractivity contribution in [3.63, 3.8) is 0 Å². The van der Waals surface area contributed by atoms with Crippen molar-refractivity contribution in [2.45, 2.75) is 44.8 Å². The molecule has 1 aliphatic heterocycles. The number of carbonyl (C=O) groups excluding carboxylic acids is 2. The topological polar surface area (TPSA) is 120 Å². The number of carbonyl (C=O) groups is 2. The number of amides is 1. The molecule has 1 unspecified atom stereocenters. The number of pyridine rings is 1. The highest BCUT2D eigenvalue weighted by molar-refractivity contribution is 9.10. The second-order valence-corrected chi connectivity index (χ2v) is 11.3. The number of nitrogen functional groups attached to an aromatic ring is 1. The molecule has 1 aliphatic carbocycles. The molecular weight excluding hydrogens is 560 g/mol. The first-order chi connectivity index (χ1) is 18.9. The number of ketones is 1. The Morgan fingerprint density at radius 1 is 1.15 bits per heavy atom. The minimum Gasteiger partial charge on any atom is -0.472 e. The molecule has 0 bridgehead atoms. The molecule has 1 aromatic carbocycles. The van der Waals surface area contributed by atoms with Crippen molar-refractivity contribution in [1.82, 2.24) is 24.4 Å². The second kappa shape index (κ2) is 9.01. The van der Waals surface area contributed by atoms with Crippen LogP contribution in [0.1, 0.15) is 24.1 Å². The summed E-state index contributed by atoms with van der Waals surface area (Å²) < 4.78 is 7.91. The van der Waals surface area contributed by atoms with Gasteiger partial charge >= 0.3 is 0 Å². The molecule has 0 radical (unpaired) electrons. The summed E-state index contributed by atoms with van der Waals surface area (Å²) in [5, 5.41) is 1.60. The molecule has 196 valence electrons. The van der Waals surface area contributed by atoms with E-state index in [0.29, 0.717) is 39.5 Å². The highest BCUT2D eigenvalue weighted by Crippen LogP contribution is 2.48. The van der Waals surface area contributed by atoms with Gasteiger partial charge in [0.05, 0.1) is 35.9 Å². The third-order valence-corrected chi connectivity index (χ3v) is 8.43. The van der Waals surface area contributed by atoms with Crippen molar-refractivity contribution in [3.05, 3.63) is 71.1 Å².